The summed E-state index contributed by atoms with van der Waals surface area (Å²) < 4.78 is 18.9. The van der Waals surface area contributed by atoms with Crippen molar-refractivity contribution in [1.82, 2.24) is 20.0 Å². The summed E-state index contributed by atoms with van der Waals surface area (Å²) in [6, 6.07) is 5.87. The first-order chi connectivity index (χ1) is 14.5. The third-order valence-corrected chi connectivity index (χ3v) is 5.83. The van der Waals surface area contributed by atoms with E-state index in [0.29, 0.717) is 26.2 Å². The van der Waals surface area contributed by atoms with Crippen molar-refractivity contribution in [3.05, 3.63) is 35.6 Å². The normalized spacial score (nSPS) is 20.7. The predicted molar refractivity (Wildman–Crippen MR) is 112 cm³/mol. The van der Waals surface area contributed by atoms with E-state index in [9.17, 15) is 14.0 Å². The topological polar surface area (TPSA) is 65.1 Å². The van der Waals surface area contributed by atoms with E-state index in [0.717, 1.165) is 51.3 Å². The molecule has 30 heavy (non-hydrogen) atoms. The molecule has 2 aliphatic heterocycles. The monoisotopic (exact) mass is 420 g/mol. The van der Waals surface area contributed by atoms with E-state index >= 15 is 0 Å². The Morgan fingerprint density at radius 2 is 2.07 bits per heavy atom. The van der Waals surface area contributed by atoms with Crippen LogP contribution in [-0.4, -0.2) is 92.1 Å². The summed E-state index contributed by atoms with van der Waals surface area (Å²) in [5, 5.41) is 2.85. The summed E-state index contributed by atoms with van der Waals surface area (Å²) >= 11 is 0. The van der Waals surface area contributed by atoms with Gasteiger partial charge in [0.1, 0.15) is 5.82 Å². The van der Waals surface area contributed by atoms with Crippen LogP contribution in [0.5, 0.6) is 0 Å². The molecule has 2 amide bonds. The second kappa shape index (κ2) is 11.4. The van der Waals surface area contributed by atoms with E-state index in [-0.39, 0.29) is 24.1 Å². The van der Waals surface area contributed by atoms with Gasteiger partial charge in [-0.2, -0.15) is 0 Å². The standard InChI is InChI=1S/C22H33FN4O3/c1-25(8-2-3-9-26-11-13-30-14-12-26)21(28)16-20-22(29)24-7-10-27(20)17-18-5-4-6-19(23)15-18/h4-6,15,20H,2-3,7-14,16-17H2,1H3,(H,24,29)/t20-/m0/s1. The van der Waals surface area contributed by atoms with Gasteiger partial charge in [-0.3, -0.25) is 19.4 Å². The number of rotatable bonds is 9. The summed E-state index contributed by atoms with van der Waals surface area (Å²) in [5.41, 5.74) is 0.804. The molecule has 2 heterocycles. The molecule has 2 fully saturated rings. The minimum Gasteiger partial charge on any atom is -0.379 e. The number of halogens is 1. The maximum Gasteiger partial charge on any atom is 0.237 e. The molecule has 1 aromatic carbocycles. The van der Waals surface area contributed by atoms with Gasteiger partial charge >= 0.3 is 0 Å². The summed E-state index contributed by atoms with van der Waals surface area (Å²) in [7, 11) is 1.80. The van der Waals surface area contributed by atoms with Crippen LogP contribution < -0.4 is 5.32 Å². The molecule has 1 N–H and O–H groups in total. The molecule has 2 saturated heterocycles. The Morgan fingerprint density at radius 1 is 1.27 bits per heavy atom. The van der Waals surface area contributed by atoms with E-state index < -0.39 is 6.04 Å². The molecule has 3 rings (SSSR count). The zero-order valence-electron chi connectivity index (χ0n) is 17.8. The van der Waals surface area contributed by atoms with Crippen molar-refractivity contribution >= 4 is 11.8 Å². The Bertz CT molecular complexity index is 711. The van der Waals surface area contributed by atoms with Crippen LogP contribution in [0.4, 0.5) is 4.39 Å². The number of nitrogens with one attached hydrogen (secondary N) is 1. The van der Waals surface area contributed by atoms with Gasteiger partial charge in [-0.05, 0) is 37.1 Å². The molecule has 7 nitrogen and oxygen atoms in total. The number of piperazine rings is 1. The number of hydrogen-bond donors (Lipinski definition) is 1. The highest BCUT2D eigenvalue weighted by Crippen LogP contribution is 2.16. The summed E-state index contributed by atoms with van der Waals surface area (Å²) in [5.74, 6) is -0.460. The molecule has 0 bridgehead atoms. The molecule has 0 aliphatic carbocycles. The van der Waals surface area contributed by atoms with Crippen molar-refractivity contribution < 1.29 is 18.7 Å². The van der Waals surface area contributed by atoms with Crippen molar-refractivity contribution in [2.24, 2.45) is 0 Å². The van der Waals surface area contributed by atoms with Gasteiger partial charge in [0.25, 0.3) is 0 Å². The van der Waals surface area contributed by atoms with Crippen LogP contribution in [0.25, 0.3) is 0 Å². The van der Waals surface area contributed by atoms with E-state index in [1.807, 2.05) is 11.0 Å². The van der Waals surface area contributed by atoms with Gasteiger partial charge < -0.3 is 15.0 Å². The Labute approximate surface area is 178 Å². The highest BCUT2D eigenvalue weighted by atomic mass is 19.1. The first-order valence-electron chi connectivity index (χ1n) is 10.8. The second-order valence-electron chi connectivity index (χ2n) is 8.09. The van der Waals surface area contributed by atoms with Crippen LogP contribution in [0.3, 0.4) is 0 Å². The molecule has 0 aromatic heterocycles. The highest BCUT2D eigenvalue weighted by molar-refractivity contribution is 5.88. The fourth-order valence-electron chi connectivity index (χ4n) is 4.00. The predicted octanol–water partition coefficient (Wildman–Crippen LogP) is 1.09. The van der Waals surface area contributed by atoms with Crippen LogP contribution in [0, 0.1) is 5.82 Å². The average molecular weight is 421 g/mol. The lowest BCUT2D eigenvalue weighted by atomic mass is 10.1. The van der Waals surface area contributed by atoms with Gasteiger partial charge in [0.2, 0.25) is 11.8 Å². The maximum atomic E-state index is 13.5. The van der Waals surface area contributed by atoms with Gasteiger partial charge in [0.05, 0.1) is 25.7 Å². The Kier molecular flexibility index (Phi) is 8.60. The van der Waals surface area contributed by atoms with Crippen LogP contribution in [-0.2, 0) is 20.9 Å². The molecular weight excluding hydrogens is 387 g/mol. The fraction of sp³-hybridized carbons (Fsp3) is 0.636. The molecule has 1 atom stereocenters. The number of nitrogens with zero attached hydrogens (tertiary/aromatic N) is 3. The lowest BCUT2D eigenvalue weighted by molar-refractivity contribution is -0.138. The molecule has 2 aliphatic rings. The van der Waals surface area contributed by atoms with Gasteiger partial charge in [-0.25, -0.2) is 4.39 Å². The average Bonchev–Trinajstić information content (AvgIpc) is 2.74. The van der Waals surface area contributed by atoms with Gasteiger partial charge in [-0.1, -0.05) is 12.1 Å². The minimum absolute atomic E-state index is 0.0346. The summed E-state index contributed by atoms with van der Waals surface area (Å²) in [6.07, 6.45) is 2.11. The second-order valence-corrected chi connectivity index (χ2v) is 8.09. The number of ether oxygens (including phenoxy) is 1. The highest BCUT2D eigenvalue weighted by Gasteiger charge is 2.32. The number of carbonyl (C=O) groups is 2. The molecule has 8 heteroatoms. The van der Waals surface area contributed by atoms with Crippen molar-refractivity contribution in [2.45, 2.75) is 31.8 Å². The zero-order valence-corrected chi connectivity index (χ0v) is 17.8. The minimum atomic E-state index is -0.523. The molecule has 166 valence electrons. The maximum absolute atomic E-state index is 13.5. The number of carbonyl (C=O) groups excluding carboxylic acids is 2. The molecule has 0 saturated carbocycles. The van der Waals surface area contributed by atoms with Crippen LogP contribution in [0.2, 0.25) is 0 Å². The van der Waals surface area contributed by atoms with Crippen LogP contribution in [0.15, 0.2) is 24.3 Å². The third-order valence-electron chi connectivity index (χ3n) is 5.83. The third kappa shape index (κ3) is 6.75. The number of morpholine rings is 1. The number of benzene rings is 1. The number of amides is 2. The Balaban J connectivity index is 1.46. The van der Waals surface area contributed by atoms with Gasteiger partial charge in [-0.15, -0.1) is 0 Å². The van der Waals surface area contributed by atoms with Gasteiger partial charge in [0, 0.05) is 46.3 Å². The first-order valence-corrected chi connectivity index (χ1v) is 10.8. The largest absolute Gasteiger partial charge is 0.379 e. The zero-order chi connectivity index (χ0) is 21.3. The SMILES string of the molecule is CN(CCCCN1CCOCC1)C(=O)C[C@H]1C(=O)NCCN1Cc1cccc(F)c1. The van der Waals surface area contributed by atoms with E-state index in [1.165, 1.54) is 12.1 Å². The molecule has 0 spiro atoms. The van der Waals surface area contributed by atoms with Crippen molar-refractivity contribution in [3.63, 3.8) is 0 Å². The van der Waals surface area contributed by atoms with Crippen LogP contribution in [0.1, 0.15) is 24.8 Å². The fourth-order valence-corrected chi connectivity index (χ4v) is 4.00. The van der Waals surface area contributed by atoms with E-state index in [2.05, 4.69) is 10.2 Å². The van der Waals surface area contributed by atoms with Gasteiger partial charge in [0.15, 0.2) is 0 Å². The Hall–Kier alpha value is -2.03. The molecular formula is C22H33FN4O3. The van der Waals surface area contributed by atoms with Crippen LogP contribution >= 0.6 is 0 Å². The lowest BCUT2D eigenvalue weighted by Gasteiger charge is -2.35. The molecule has 0 unspecified atom stereocenters. The number of hydrogen-bond acceptors (Lipinski definition) is 5. The summed E-state index contributed by atoms with van der Waals surface area (Å²) in [6.45, 7) is 6.90. The summed E-state index contributed by atoms with van der Waals surface area (Å²) in [4.78, 5) is 31.3. The molecule has 1 aromatic rings. The lowest BCUT2D eigenvalue weighted by Crippen LogP contribution is -2.56. The van der Waals surface area contributed by atoms with E-state index in [1.54, 1.807) is 18.0 Å². The Morgan fingerprint density at radius 3 is 2.83 bits per heavy atom. The van der Waals surface area contributed by atoms with E-state index in [4.69, 9.17) is 4.74 Å². The molecule has 0 radical (unpaired) electrons. The smallest absolute Gasteiger partial charge is 0.237 e. The quantitative estimate of drug-likeness (QED) is 0.606. The van der Waals surface area contributed by atoms with Crippen molar-refractivity contribution in [2.75, 3.05) is 59.5 Å². The van der Waals surface area contributed by atoms with Crippen molar-refractivity contribution in [1.29, 1.82) is 0 Å². The van der Waals surface area contributed by atoms with Crippen molar-refractivity contribution in [3.8, 4) is 0 Å². The first kappa shape index (κ1) is 22.7. The number of unbranched alkanes of at least 4 members (excludes halogenated alkanes) is 1.